The second-order valence-corrected chi connectivity index (χ2v) is 8.97. The number of carbonyl (C=O) groups is 2. The van der Waals surface area contributed by atoms with E-state index in [0.717, 1.165) is 23.0 Å². The van der Waals surface area contributed by atoms with Gasteiger partial charge in [-0.3, -0.25) is 23.5 Å². The molecule has 0 aromatic carbocycles. The molecule has 1 aliphatic rings. The normalized spacial score (nSPS) is 14.3. The molecule has 4 heterocycles. The number of thiophene rings is 1. The van der Waals surface area contributed by atoms with E-state index >= 15 is 0 Å². The first-order valence-corrected chi connectivity index (χ1v) is 11.4. The van der Waals surface area contributed by atoms with Crippen LogP contribution < -0.4 is 16.6 Å². The standard InChI is InChI=1S/C22H25N5O4S/c1-4-5-16(21(30)27-10-8-17-13(12-27)9-11-32-17)24-19(28)15-7-6-14-18(23-15)25(2)22(31)26(3)20(14)29/h6-7,9,11,16H,4-5,8,10,12H2,1-3H3,(H,24,28). The van der Waals surface area contributed by atoms with Gasteiger partial charge in [0.15, 0.2) is 0 Å². The monoisotopic (exact) mass is 455 g/mol. The number of amides is 2. The lowest BCUT2D eigenvalue weighted by molar-refractivity contribution is -0.134. The number of nitrogens with one attached hydrogen (secondary N) is 1. The van der Waals surface area contributed by atoms with Crippen LogP contribution in [0, 0.1) is 0 Å². The van der Waals surface area contributed by atoms with Crippen molar-refractivity contribution >= 4 is 34.2 Å². The zero-order valence-electron chi connectivity index (χ0n) is 18.3. The van der Waals surface area contributed by atoms with Crippen LogP contribution in [-0.4, -0.2) is 43.4 Å². The number of carbonyl (C=O) groups excluding carboxylic acids is 2. The zero-order valence-corrected chi connectivity index (χ0v) is 19.1. The zero-order chi connectivity index (χ0) is 23.0. The van der Waals surface area contributed by atoms with Gasteiger partial charge in [0.2, 0.25) is 5.91 Å². The Kier molecular flexibility index (Phi) is 5.96. The van der Waals surface area contributed by atoms with E-state index in [-0.39, 0.29) is 22.6 Å². The molecule has 168 valence electrons. The molecule has 10 heteroatoms. The summed E-state index contributed by atoms with van der Waals surface area (Å²) in [4.78, 5) is 58.0. The van der Waals surface area contributed by atoms with Gasteiger partial charge in [0.05, 0.1) is 5.39 Å². The van der Waals surface area contributed by atoms with Crippen molar-refractivity contribution in [1.82, 2.24) is 24.3 Å². The quantitative estimate of drug-likeness (QED) is 0.622. The summed E-state index contributed by atoms with van der Waals surface area (Å²) in [5, 5.41) is 5.09. The van der Waals surface area contributed by atoms with E-state index < -0.39 is 23.2 Å². The Balaban J connectivity index is 1.58. The van der Waals surface area contributed by atoms with E-state index in [2.05, 4.69) is 10.3 Å². The topological polar surface area (TPSA) is 106 Å². The van der Waals surface area contributed by atoms with Crippen molar-refractivity contribution in [2.75, 3.05) is 6.54 Å². The van der Waals surface area contributed by atoms with E-state index in [4.69, 9.17) is 0 Å². The average molecular weight is 456 g/mol. The van der Waals surface area contributed by atoms with E-state index in [1.165, 1.54) is 35.7 Å². The van der Waals surface area contributed by atoms with Crippen LogP contribution in [0.1, 0.15) is 40.7 Å². The maximum atomic E-state index is 13.2. The number of nitrogens with zero attached hydrogens (tertiary/aromatic N) is 4. The highest BCUT2D eigenvalue weighted by molar-refractivity contribution is 7.10. The summed E-state index contributed by atoms with van der Waals surface area (Å²) >= 11 is 1.71. The maximum Gasteiger partial charge on any atom is 0.332 e. The predicted molar refractivity (Wildman–Crippen MR) is 122 cm³/mol. The fraction of sp³-hybridized carbons (Fsp3) is 0.409. The van der Waals surface area contributed by atoms with Gasteiger partial charge in [0, 0.05) is 32.1 Å². The number of rotatable bonds is 5. The summed E-state index contributed by atoms with van der Waals surface area (Å²) in [6, 6.07) is 4.30. The van der Waals surface area contributed by atoms with Crippen LogP contribution in [0.15, 0.2) is 33.2 Å². The molecule has 1 atom stereocenters. The molecule has 0 saturated heterocycles. The fourth-order valence-electron chi connectivity index (χ4n) is 4.02. The Bertz CT molecular complexity index is 1320. The van der Waals surface area contributed by atoms with Crippen molar-refractivity contribution in [3.63, 3.8) is 0 Å². The van der Waals surface area contributed by atoms with Gasteiger partial charge in [-0.2, -0.15) is 0 Å². The molecule has 32 heavy (non-hydrogen) atoms. The number of aromatic nitrogens is 3. The molecule has 2 amide bonds. The lowest BCUT2D eigenvalue weighted by atomic mass is 10.1. The molecule has 0 bridgehead atoms. The molecule has 1 unspecified atom stereocenters. The summed E-state index contributed by atoms with van der Waals surface area (Å²) < 4.78 is 2.23. The first-order valence-electron chi connectivity index (χ1n) is 10.5. The number of aryl methyl sites for hydroxylation is 1. The second kappa shape index (κ2) is 8.70. The summed E-state index contributed by atoms with van der Waals surface area (Å²) in [5.41, 5.74) is 0.345. The van der Waals surface area contributed by atoms with Crippen molar-refractivity contribution in [3.8, 4) is 0 Å². The summed E-state index contributed by atoms with van der Waals surface area (Å²) in [6.45, 7) is 3.13. The maximum absolute atomic E-state index is 13.2. The van der Waals surface area contributed by atoms with Crippen LogP contribution in [0.4, 0.5) is 0 Å². The molecule has 0 aliphatic carbocycles. The Labute approximate surface area is 188 Å². The minimum atomic E-state index is -0.669. The lowest BCUT2D eigenvalue weighted by Crippen LogP contribution is -2.49. The van der Waals surface area contributed by atoms with Gasteiger partial charge in [-0.15, -0.1) is 11.3 Å². The van der Waals surface area contributed by atoms with Crippen molar-refractivity contribution in [2.24, 2.45) is 14.1 Å². The highest BCUT2D eigenvalue weighted by Crippen LogP contribution is 2.24. The molecular weight excluding hydrogens is 430 g/mol. The van der Waals surface area contributed by atoms with Crippen LogP contribution >= 0.6 is 11.3 Å². The molecular formula is C22H25N5O4S. The third-order valence-corrected chi connectivity index (χ3v) is 6.86. The molecule has 0 spiro atoms. The first-order chi connectivity index (χ1) is 15.3. The van der Waals surface area contributed by atoms with Crippen molar-refractivity contribution in [3.05, 3.63) is 60.6 Å². The molecule has 0 saturated carbocycles. The molecule has 0 fully saturated rings. The summed E-state index contributed by atoms with van der Waals surface area (Å²) in [5.74, 6) is -0.626. The Hall–Kier alpha value is -3.27. The predicted octanol–water partition coefficient (Wildman–Crippen LogP) is 1.18. The minimum absolute atomic E-state index is 0.0495. The molecule has 3 aromatic rings. The van der Waals surface area contributed by atoms with Gasteiger partial charge in [0.1, 0.15) is 17.4 Å². The Morgan fingerprint density at radius 2 is 1.97 bits per heavy atom. The van der Waals surface area contributed by atoms with Gasteiger partial charge >= 0.3 is 5.69 Å². The molecule has 1 aliphatic heterocycles. The van der Waals surface area contributed by atoms with Crippen molar-refractivity contribution in [2.45, 2.75) is 38.8 Å². The minimum Gasteiger partial charge on any atom is -0.339 e. The summed E-state index contributed by atoms with van der Waals surface area (Å²) in [7, 11) is 2.89. The molecule has 3 aromatic heterocycles. The largest absolute Gasteiger partial charge is 0.339 e. The van der Waals surface area contributed by atoms with Crippen LogP contribution in [0.25, 0.3) is 11.0 Å². The van der Waals surface area contributed by atoms with E-state index in [1.807, 2.05) is 18.4 Å². The second-order valence-electron chi connectivity index (χ2n) is 7.97. The average Bonchev–Trinajstić information content (AvgIpc) is 3.28. The van der Waals surface area contributed by atoms with E-state index in [0.29, 0.717) is 19.5 Å². The van der Waals surface area contributed by atoms with Gasteiger partial charge in [0.25, 0.3) is 11.5 Å². The molecule has 0 radical (unpaired) electrons. The SMILES string of the molecule is CCCC(NC(=O)c1ccc2c(=O)n(C)c(=O)n(C)c2n1)C(=O)N1CCc2sccc2C1. The van der Waals surface area contributed by atoms with Crippen molar-refractivity contribution < 1.29 is 9.59 Å². The Morgan fingerprint density at radius 3 is 2.72 bits per heavy atom. The smallest absolute Gasteiger partial charge is 0.332 e. The van der Waals surface area contributed by atoms with Crippen LogP contribution in [-0.2, 0) is 31.9 Å². The third-order valence-electron chi connectivity index (χ3n) is 5.83. The van der Waals surface area contributed by atoms with E-state index in [9.17, 15) is 19.2 Å². The van der Waals surface area contributed by atoms with Crippen molar-refractivity contribution in [1.29, 1.82) is 0 Å². The molecule has 1 N–H and O–H groups in total. The van der Waals surface area contributed by atoms with Crippen LogP contribution in [0.2, 0.25) is 0 Å². The lowest BCUT2D eigenvalue weighted by Gasteiger charge is -2.30. The molecule has 9 nitrogen and oxygen atoms in total. The number of pyridine rings is 1. The summed E-state index contributed by atoms with van der Waals surface area (Å²) in [6.07, 6.45) is 2.05. The van der Waals surface area contributed by atoms with Gasteiger partial charge in [-0.05, 0) is 42.0 Å². The first kappa shape index (κ1) is 21.9. The number of hydrogen-bond acceptors (Lipinski definition) is 6. The van der Waals surface area contributed by atoms with Gasteiger partial charge in [-0.1, -0.05) is 13.3 Å². The van der Waals surface area contributed by atoms with Crippen LogP contribution in [0.3, 0.4) is 0 Å². The number of fused-ring (bicyclic) bond motifs is 2. The van der Waals surface area contributed by atoms with E-state index in [1.54, 1.807) is 16.2 Å². The Morgan fingerprint density at radius 1 is 1.19 bits per heavy atom. The highest BCUT2D eigenvalue weighted by Gasteiger charge is 2.29. The number of hydrogen-bond donors (Lipinski definition) is 1. The third kappa shape index (κ3) is 3.86. The molecule has 4 rings (SSSR count). The van der Waals surface area contributed by atoms with Gasteiger partial charge < -0.3 is 10.2 Å². The van der Waals surface area contributed by atoms with Crippen LogP contribution in [0.5, 0.6) is 0 Å². The highest BCUT2D eigenvalue weighted by atomic mass is 32.1. The van der Waals surface area contributed by atoms with Gasteiger partial charge in [-0.25, -0.2) is 9.78 Å². The fourth-order valence-corrected chi connectivity index (χ4v) is 4.91.